The fraction of sp³-hybridized carbons (Fsp3) is 0.385. The monoisotopic (exact) mass is 299 g/mol. The Labute approximate surface area is 115 Å². The molecule has 0 fully saturated rings. The number of hydrogen-bond donors (Lipinski definition) is 1. The van der Waals surface area contributed by atoms with Crippen molar-refractivity contribution in [2.24, 2.45) is 4.99 Å². The van der Waals surface area contributed by atoms with Gasteiger partial charge in [-0.1, -0.05) is 6.92 Å². The highest BCUT2D eigenvalue weighted by Crippen LogP contribution is 2.18. The Morgan fingerprint density at radius 2 is 2.10 bits per heavy atom. The minimum Gasteiger partial charge on any atom is -0.481 e. The molecule has 1 atom stereocenters. The molecule has 5 nitrogen and oxygen atoms in total. The number of halogens is 1. The summed E-state index contributed by atoms with van der Waals surface area (Å²) in [6.07, 6.45) is -0.354. The number of fused-ring (bicyclic) bond motifs is 1. The van der Waals surface area contributed by atoms with Crippen LogP contribution in [0.2, 0.25) is 0 Å². The molecule has 1 aromatic carbocycles. The molecular weight excluding hydrogens is 285 g/mol. The van der Waals surface area contributed by atoms with Crippen LogP contribution in [0, 0.1) is 5.82 Å². The lowest BCUT2D eigenvalue weighted by Gasteiger charge is -2.07. The molecular formula is C13H14FNO4S. The summed E-state index contributed by atoms with van der Waals surface area (Å²) in [6.45, 7) is 3.08. The number of nitrogens with zero attached hydrogens (tertiary/aromatic N) is 1. The van der Waals surface area contributed by atoms with E-state index >= 15 is 0 Å². The first-order chi connectivity index (χ1) is 9.27. The van der Waals surface area contributed by atoms with E-state index in [1.807, 2.05) is 0 Å². The van der Waals surface area contributed by atoms with Gasteiger partial charge in [0.15, 0.2) is 9.84 Å². The molecule has 1 N–H and O–H groups in total. The second kappa shape index (κ2) is 4.97. The van der Waals surface area contributed by atoms with E-state index in [1.165, 1.54) is 13.0 Å². The van der Waals surface area contributed by atoms with Crippen LogP contribution >= 0.6 is 0 Å². The zero-order valence-electron chi connectivity index (χ0n) is 11.1. The number of rotatable bonds is 4. The quantitative estimate of drug-likeness (QED) is 0.865. The Morgan fingerprint density at radius 3 is 2.65 bits per heavy atom. The Bertz CT molecular complexity index is 798. The van der Waals surface area contributed by atoms with Crippen molar-refractivity contribution in [1.82, 2.24) is 0 Å². The average molecular weight is 299 g/mol. The van der Waals surface area contributed by atoms with Gasteiger partial charge < -0.3 is 5.11 Å². The zero-order chi connectivity index (χ0) is 15.1. The Morgan fingerprint density at radius 1 is 1.45 bits per heavy atom. The summed E-state index contributed by atoms with van der Waals surface area (Å²) < 4.78 is 38.1. The molecule has 0 saturated heterocycles. The fourth-order valence-corrected chi connectivity index (χ4v) is 3.51. The van der Waals surface area contributed by atoms with Gasteiger partial charge in [-0.05, 0) is 24.6 Å². The van der Waals surface area contributed by atoms with Crippen molar-refractivity contribution >= 4 is 21.4 Å². The average Bonchev–Trinajstić information content (AvgIpc) is 2.65. The number of sulfone groups is 1. The van der Waals surface area contributed by atoms with Crippen molar-refractivity contribution in [3.8, 4) is 0 Å². The lowest BCUT2D eigenvalue weighted by molar-refractivity contribution is -0.135. The summed E-state index contributed by atoms with van der Waals surface area (Å²) in [7, 11) is -3.80. The highest BCUT2D eigenvalue weighted by atomic mass is 32.2. The summed E-state index contributed by atoms with van der Waals surface area (Å²) in [5, 5.41) is 9.39. The number of carboxylic acids is 1. The summed E-state index contributed by atoms with van der Waals surface area (Å²) in [5.74, 6) is -2.22. The molecule has 0 amide bonds. The maximum absolute atomic E-state index is 14.0. The molecule has 7 heteroatoms. The van der Waals surface area contributed by atoms with E-state index in [0.717, 1.165) is 6.07 Å². The topological polar surface area (TPSA) is 83.8 Å². The Kier molecular flexibility index (Phi) is 3.64. The van der Waals surface area contributed by atoms with Crippen LogP contribution in [-0.2, 0) is 14.6 Å². The van der Waals surface area contributed by atoms with Crippen LogP contribution in [-0.4, -0.2) is 31.3 Å². The van der Waals surface area contributed by atoms with Crippen molar-refractivity contribution < 1.29 is 22.7 Å². The Hall–Kier alpha value is -1.76. The molecule has 0 spiro atoms. The van der Waals surface area contributed by atoms with Gasteiger partial charge in [-0.15, -0.1) is 0 Å². The molecule has 0 aliphatic carbocycles. The molecule has 0 radical (unpaired) electrons. The molecule has 1 unspecified atom stereocenters. The largest absolute Gasteiger partial charge is 0.481 e. The number of benzene rings is 1. The molecule has 0 aromatic heterocycles. The molecule has 1 aliphatic rings. The van der Waals surface area contributed by atoms with Crippen molar-refractivity contribution in [2.75, 3.05) is 5.75 Å². The molecule has 1 aliphatic heterocycles. The third kappa shape index (κ3) is 2.33. The van der Waals surface area contributed by atoms with Gasteiger partial charge in [-0.3, -0.25) is 9.79 Å². The minimum absolute atomic E-state index is 0.127. The second-order valence-electron chi connectivity index (χ2n) is 4.57. The molecule has 1 aromatic rings. The predicted molar refractivity (Wildman–Crippen MR) is 70.0 cm³/mol. The maximum atomic E-state index is 14.0. The SMILES string of the molecule is CCS(=O)(=O)c1c(F)ccc2c1=C(CC(=O)O)C(C)N=2. The second-order valence-corrected chi connectivity index (χ2v) is 6.79. The smallest absolute Gasteiger partial charge is 0.307 e. The number of aliphatic carboxylic acids is 1. The number of carboxylic acid groups (broad SMARTS) is 1. The van der Waals surface area contributed by atoms with Crippen LogP contribution < -0.4 is 10.6 Å². The van der Waals surface area contributed by atoms with Gasteiger partial charge in [0.05, 0.1) is 23.6 Å². The van der Waals surface area contributed by atoms with E-state index in [9.17, 15) is 17.6 Å². The fourth-order valence-electron chi connectivity index (χ4n) is 2.31. The number of carbonyl (C=O) groups is 1. The van der Waals surface area contributed by atoms with Crippen LogP contribution in [0.4, 0.5) is 4.39 Å². The van der Waals surface area contributed by atoms with Crippen LogP contribution in [0.1, 0.15) is 20.3 Å². The number of hydrogen-bond acceptors (Lipinski definition) is 4. The van der Waals surface area contributed by atoms with Crippen LogP contribution in [0.5, 0.6) is 0 Å². The third-order valence-corrected chi connectivity index (χ3v) is 5.06. The van der Waals surface area contributed by atoms with Gasteiger partial charge >= 0.3 is 5.97 Å². The lowest BCUT2D eigenvalue weighted by atomic mass is 10.0. The van der Waals surface area contributed by atoms with Gasteiger partial charge in [0, 0.05) is 5.22 Å². The van der Waals surface area contributed by atoms with E-state index in [1.54, 1.807) is 6.92 Å². The van der Waals surface area contributed by atoms with E-state index in [4.69, 9.17) is 5.11 Å². The van der Waals surface area contributed by atoms with Crippen LogP contribution in [0.15, 0.2) is 22.0 Å². The molecule has 2 rings (SSSR count). The van der Waals surface area contributed by atoms with Crippen molar-refractivity contribution in [3.63, 3.8) is 0 Å². The van der Waals surface area contributed by atoms with Crippen molar-refractivity contribution in [3.05, 3.63) is 28.5 Å². The predicted octanol–water partition coefficient (Wildman–Crippen LogP) is 0.266. The van der Waals surface area contributed by atoms with Crippen molar-refractivity contribution in [1.29, 1.82) is 0 Å². The summed E-state index contributed by atoms with van der Waals surface area (Å²) in [6, 6.07) is 1.97. The normalized spacial score (nSPS) is 17.8. The van der Waals surface area contributed by atoms with Gasteiger partial charge in [-0.25, -0.2) is 12.8 Å². The molecule has 20 heavy (non-hydrogen) atoms. The van der Waals surface area contributed by atoms with E-state index in [0.29, 0.717) is 10.9 Å². The first kappa shape index (κ1) is 14.6. The maximum Gasteiger partial charge on any atom is 0.307 e. The first-order valence-electron chi connectivity index (χ1n) is 6.12. The standard InChI is InChI=1S/C13H14FNO4S/c1-3-20(18,19)13-9(14)4-5-10-12(13)8(6-11(16)17)7(2)15-10/h4-5,7H,3,6H2,1-2H3,(H,16,17). The molecule has 0 saturated carbocycles. The van der Waals surface area contributed by atoms with Gasteiger partial charge in [0.25, 0.3) is 0 Å². The molecule has 108 valence electrons. The summed E-state index contributed by atoms with van der Waals surface area (Å²) >= 11 is 0. The molecule has 1 heterocycles. The van der Waals surface area contributed by atoms with Gasteiger partial charge in [0.1, 0.15) is 10.7 Å². The van der Waals surface area contributed by atoms with Crippen LogP contribution in [0.3, 0.4) is 0 Å². The highest BCUT2D eigenvalue weighted by molar-refractivity contribution is 7.91. The van der Waals surface area contributed by atoms with Crippen LogP contribution in [0.25, 0.3) is 5.57 Å². The molecule has 0 bridgehead atoms. The highest BCUT2D eigenvalue weighted by Gasteiger charge is 2.26. The van der Waals surface area contributed by atoms with E-state index in [-0.39, 0.29) is 17.4 Å². The van der Waals surface area contributed by atoms with E-state index < -0.39 is 32.6 Å². The van der Waals surface area contributed by atoms with Gasteiger partial charge in [0.2, 0.25) is 0 Å². The Balaban J connectivity index is 2.94. The third-order valence-electron chi connectivity index (χ3n) is 3.28. The zero-order valence-corrected chi connectivity index (χ0v) is 11.9. The first-order valence-corrected chi connectivity index (χ1v) is 7.77. The summed E-state index contributed by atoms with van der Waals surface area (Å²) in [4.78, 5) is 14.7. The lowest BCUT2D eigenvalue weighted by Crippen LogP contribution is -2.32. The minimum atomic E-state index is -3.80. The van der Waals surface area contributed by atoms with Crippen molar-refractivity contribution in [2.45, 2.75) is 31.2 Å². The summed E-state index contributed by atoms with van der Waals surface area (Å²) in [5.41, 5.74) is 0.332. The van der Waals surface area contributed by atoms with E-state index in [2.05, 4.69) is 4.99 Å². The van der Waals surface area contributed by atoms with Gasteiger partial charge in [-0.2, -0.15) is 0 Å².